The maximum Gasteiger partial charge on any atom is 0.326 e. The summed E-state index contributed by atoms with van der Waals surface area (Å²) in [6.07, 6.45) is 1.50. The summed E-state index contributed by atoms with van der Waals surface area (Å²) < 4.78 is 0. The van der Waals surface area contributed by atoms with Gasteiger partial charge in [-0.3, -0.25) is 4.79 Å². The third-order valence-corrected chi connectivity index (χ3v) is 3.65. The molecule has 1 heterocycles. The lowest BCUT2D eigenvalue weighted by atomic mass is 10.0. The molecule has 1 amide bonds. The zero-order chi connectivity index (χ0) is 15.2. The quantitative estimate of drug-likeness (QED) is 0.612. The van der Waals surface area contributed by atoms with Gasteiger partial charge in [-0.1, -0.05) is 12.1 Å². The number of rotatable bonds is 6. The maximum absolute atomic E-state index is 11.9. The predicted molar refractivity (Wildman–Crippen MR) is 77.0 cm³/mol. The number of aromatic hydroxyl groups is 1. The van der Waals surface area contributed by atoms with E-state index in [9.17, 15) is 19.8 Å². The summed E-state index contributed by atoms with van der Waals surface area (Å²) in [4.78, 5) is 23.2. The normalized spacial score (nSPS) is 19.1. The zero-order valence-corrected chi connectivity index (χ0v) is 11.7. The summed E-state index contributed by atoms with van der Waals surface area (Å²) in [7, 11) is 0. The van der Waals surface area contributed by atoms with Gasteiger partial charge in [0.05, 0.1) is 0 Å². The van der Waals surface area contributed by atoms with E-state index < -0.39 is 12.0 Å². The van der Waals surface area contributed by atoms with Crippen LogP contribution in [-0.4, -0.2) is 41.2 Å². The van der Waals surface area contributed by atoms with Crippen molar-refractivity contribution in [3.8, 4) is 5.75 Å². The fourth-order valence-corrected chi connectivity index (χ4v) is 2.47. The van der Waals surface area contributed by atoms with E-state index in [1.165, 1.54) is 12.1 Å². The summed E-state index contributed by atoms with van der Waals surface area (Å²) >= 11 is 0. The number of phenols is 1. The number of nitrogens with one attached hydrogen (secondary N) is 2. The van der Waals surface area contributed by atoms with Crippen LogP contribution in [0.4, 0.5) is 0 Å². The van der Waals surface area contributed by atoms with Gasteiger partial charge in [0.1, 0.15) is 11.8 Å². The van der Waals surface area contributed by atoms with Crippen LogP contribution in [0.5, 0.6) is 5.75 Å². The number of hydrogen-bond acceptors (Lipinski definition) is 4. The Morgan fingerprint density at radius 2 is 2.05 bits per heavy atom. The van der Waals surface area contributed by atoms with E-state index in [0.29, 0.717) is 6.42 Å². The minimum Gasteiger partial charge on any atom is -0.508 e. The van der Waals surface area contributed by atoms with Crippen molar-refractivity contribution in [3.05, 3.63) is 29.8 Å². The molecule has 1 saturated heterocycles. The van der Waals surface area contributed by atoms with E-state index in [0.717, 1.165) is 25.1 Å². The van der Waals surface area contributed by atoms with E-state index in [4.69, 9.17) is 0 Å². The number of carboxylic acid groups (broad SMARTS) is 1. The molecule has 0 bridgehead atoms. The molecule has 0 spiro atoms. The monoisotopic (exact) mass is 292 g/mol. The standard InChI is InChI=1S/C15H20N2O4/c18-12-3-1-10(2-4-12)7-13(15(20)21)17-14(19)8-11-5-6-16-9-11/h1-4,11,13,16,18H,5-9H2,(H,17,19)(H,20,21)/t11?,13-/m0/s1. The number of amides is 1. The Morgan fingerprint density at radius 1 is 1.33 bits per heavy atom. The summed E-state index contributed by atoms with van der Waals surface area (Å²) in [5.74, 6) is -0.868. The molecule has 1 aromatic carbocycles. The highest BCUT2D eigenvalue weighted by Crippen LogP contribution is 2.13. The molecule has 1 aliphatic heterocycles. The van der Waals surface area contributed by atoms with Crippen molar-refractivity contribution in [1.82, 2.24) is 10.6 Å². The topological polar surface area (TPSA) is 98.7 Å². The maximum atomic E-state index is 11.9. The van der Waals surface area contributed by atoms with Crippen molar-refractivity contribution >= 4 is 11.9 Å². The lowest BCUT2D eigenvalue weighted by Crippen LogP contribution is -2.43. The molecular weight excluding hydrogens is 272 g/mol. The smallest absolute Gasteiger partial charge is 0.326 e. The highest BCUT2D eigenvalue weighted by Gasteiger charge is 2.23. The van der Waals surface area contributed by atoms with E-state index in [-0.39, 0.29) is 24.0 Å². The SMILES string of the molecule is O=C(CC1CCNC1)N[C@@H](Cc1ccc(O)cc1)C(=O)O. The zero-order valence-electron chi connectivity index (χ0n) is 11.7. The lowest BCUT2D eigenvalue weighted by molar-refractivity contribution is -0.141. The number of carbonyl (C=O) groups excluding carboxylic acids is 1. The molecule has 0 aromatic heterocycles. The molecule has 6 heteroatoms. The molecule has 114 valence electrons. The largest absolute Gasteiger partial charge is 0.508 e. The first-order chi connectivity index (χ1) is 10.0. The highest BCUT2D eigenvalue weighted by molar-refractivity contribution is 5.83. The molecule has 2 rings (SSSR count). The number of carboxylic acids is 1. The van der Waals surface area contributed by atoms with Crippen molar-refractivity contribution in [1.29, 1.82) is 0 Å². The molecule has 0 radical (unpaired) electrons. The van der Waals surface area contributed by atoms with E-state index >= 15 is 0 Å². The van der Waals surface area contributed by atoms with Crippen molar-refractivity contribution in [2.45, 2.75) is 25.3 Å². The first kappa shape index (κ1) is 15.3. The van der Waals surface area contributed by atoms with Crippen molar-refractivity contribution < 1.29 is 19.8 Å². The van der Waals surface area contributed by atoms with Gasteiger partial charge in [-0.2, -0.15) is 0 Å². The molecule has 4 N–H and O–H groups in total. The van der Waals surface area contributed by atoms with Crippen LogP contribution in [0.3, 0.4) is 0 Å². The molecule has 0 aliphatic carbocycles. The van der Waals surface area contributed by atoms with Crippen LogP contribution >= 0.6 is 0 Å². The predicted octanol–water partition coefficient (Wildman–Crippen LogP) is 0.504. The van der Waals surface area contributed by atoms with Crippen LogP contribution in [0.2, 0.25) is 0 Å². The second-order valence-electron chi connectivity index (χ2n) is 5.39. The Balaban J connectivity index is 1.90. The van der Waals surface area contributed by atoms with E-state index in [1.807, 2.05) is 0 Å². The Hall–Kier alpha value is -2.08. The van der Waals surface area contributed by atoms with Crippen molar-refractivity contribution in [2.24, 2.45) is 5.92 Å². The molecule has 0 saturated carbocycles. The number of carbonyl (C=O) groups is 2. The third kappa shape index (κ3) is 4.75. The highest BCUT2D eigenvalue weighted by atomic mass is 16.4. The Morgan fingerprint density at radius 3 is 2.62 bits per heavy atom. The van der Waals surface area contributed by atoms with Crippen LogP contribution in [0.1, 0.15) is 18.4 Å². The number of benzene rings is 1. The van der Waals surface area contributed by atoms with Gasteiger partial charge in [-0.25, -0.2) is 4.79 Å². The van der Waals surface area contributed by atoms with Crippen LogP contribution < -0.4 is 10.6 Å². The fraction of sp³-hybridized carbons (Fsp3) is 0.467. The van der Waals surface area contributed by atoms with Crippen LogP contribution in [-0.2, 0) is 16.0 Å². The van der Waals surface area contributed by atoms with Gasteiger partial charge in [0.25, 0.3) is 0 Å². The lowest BCUT2D eigenvalue weighted by Gasteiger charge is -2.16. The van der Waals surface area contributed by atoms with Gasteiger partial charge >= 0.3 is 5.97 Å². The van der Waals surface area contributed by atoms with E-state index in [1.54, 1.807) is 12.1 Å². The number of phenolic OH excluding ortho intramolecular Hbond substituents is 1. The second kappa shape index (κ2) is 7.08. The molecular formula is C15H20N2O4. The van der Waals surface area contributed by atoms with Gasteiger partial charge in [0.15, 0.2) is 0 Å². The van der Waals surface area contributed by atoms with Gasteiger partial charge in [-0.15, -0.1) is 0 Å². The van der Waals surface area contributed by atoms with Crippen molar-refractivity contribution in [3.63, 3.8) is 0 Å². The summed E-state index contributed by atoms with van der Waals surface area (Å²) in [6, 6.07) is 5.35. The number of aliphatic carboxylic acids is 1. The third-order valence-electron chi connectivity index (χ3n) is 3.65. The average Bonchev–Trinajstić information content (AvgIpc) is 2.93. The summed E-state index contributed by atoms with van der Waals surface area (Å²) in [5.41, 5.74) is 0.753. The Kier molecular flexibility index (Phi) is 5.16. The number of hydrogen-bond donors (Lipinski definition) is 4. The summed E-state index contributed by atoms with van der Waals surface area (Å²) in [5, 5.41) is 24.2. The second-order valence-corrected chi connectivity index (χ2v) is 5.39. The molecule has 21 heavy (non-hydrogen) atoms. The average molecular weight is 292 g/mol. The molecule has 6 nitrogen and oxygen atoms in total. The molecule has 1 fully saturated rings. The van der Waals surface area contributed by atoms with Crippen molar-refractivity contribution in [2.75, 3.05) is 13.1 Å². The van der Waals surface area contributed by atoms with Gasteiger partial charge < -0.3 is 20.8 Å². The summed E-state index contributed by atoms with van der Waals surface area (Å²) in [6.45, 7) is 1.72. The Bertz CT molecular complexity index is 495. The van der Waals surface area contributed by atoms with Crippen LogP contribution in [0.15, 0.2) is 24.3 Å². The minimum atomic E-state index is -1.05. The molecule has 1 aromatic rings. The minimum absolute atomic E-state index is 0.128. The first-order valence-electron chi connectivity index (χ1n) is 7.05. The Labute approximate surface area is 123 Å². The first-order valence-corrected chi connectivity index (χ1v) is 7.05. The molecule has 2 atom stereocenters. The van der Waals surface area contributed by atoms with E-state index in [2.05, 4.69) is 10.6 Å². The molecule has 1 aliphatic rings. The van der Waals surface area contributed by atoms with Gasteiger partial charge in [0, 0.05) is 12.8 Å². The fourth-order valence-electron chi connectivity index (χ4n) is 2.47. The van der Waals surface area contributed by atoms with Crippen LogP contribution in [0, 0.1) is 5.92 Å². The van der Waals surface area contributed by atoms with Gasteiger partial charge in [-0.05, 0) is 43.1 Å². The molecule has 1 unspecified atom stereocenters. The van der Waals surface area contributed by atoms with Crippen LogP contribution in [0.25, 0.3) is 0 Å². The van der Waals surface area contributed by atoms with Gasteiger partial charge in [0.2, 0.25) is 5.91 Å².